The summed E-state index contributed by atoms with van der Waals surface area (Å²) in [5.74, 6) is -1.33. The molecule has 2 rings (SSSR count). The van der Waals surface area contributed by atoms with Crippen LogP contribution in [0.25, 0.3) is 0 Å². The first-order valence-corrected chi connectivity index (χ1v) is 10.5. The summed E-state index contributed by atoms with van der Waals surface area (Å²) >= 11 is 0. The van der Waals surface area contributed by atoms with Gasteiger partial charge in [-0.2, -0.15) is 30.4 Å². The molecule has 0 radical (unpaired) electrons. The van der Waals surface area contributed by atoms with Crippen molar-refractivity contribution in [2.45, 2.75) is 62.7 Å². The Morgan fingerprint density at radius 3 is 1.97 bits per heavy atom. The van der Waals surface area contributed by atoms with Crippen LogP contribution < -0.4 is 4.74 Å². The quantitative estimate of drug-likeness (QED) is 0.363. The highest BCUT2D eigenvalue weighted by molar-refractivity contribution is 7.86. The molecule has 1 aromatic carbocycles. The third-order valence-electron chi connectivity index (χ3n) is 5.08. The van der Waals surface area contributed by atoms with Crippen LogP contribution in [-0.2, 0) is 14.9 Å². The van der Waals surface area contributed by atoms with E-state index in [0.717, 1.165) is 37.8 Å². The van der Waals surface area contributed by atoms with Gasteiger partial charge in [0.1, 0.15) is 11.4 Å². The molecule has 1 aromatic rings. The number of ether oxygens (including phenoxy) is 2. The van der Waals surface area contributed by atoms with Gasteiger partial charge < -0.3 is 9.47 Å². The molecule has 0 amide bonds. The molecule has 30 heavy (non-hydrogen) atoms. The highest BCUT2D eigenvalue weighted by atomic mass is 32.2. The lowest BCUT2D eigenvalue weighted by atomic mass is 9.88. The Labute approximate surface area is 170 Å². The molecule has 1 atom stereocenters. The SMILES string of the molecule is CC(C)C1(Oc2ccc(C(=O)OC(C(F)(F)F)C(F)(F)S(=O)(=O)O)cc2)CCCC1. The predicted molar refractivity (Wildman–Crippen MR) is 94.9 cm³/mol. The van der Waals surface area contributed by atoms with Gasteiger partial charge in [0.05, 0.1) is 5.56 Å². The second-order valence-corrected chi connectivity index (χ2v) is 8.91. The van der Waals surface area contributed by atoms with Crippen LogP contribution >= 0.6 is 0 Å². The molecule has 1 aliphatic rings. The van der Waals surface area contributed by atoms with Gasteiger partial charge in [0.2, 0.25) is 0 Å². The average Bonchev–Trinajstić information content (AvgIpc) is 3.08. The number of carbonyl (C=O) groups is 1. The minimum atomic E-state index is -6.50. The average molecular weight is 460 g/mol. The van der Waals surface area contributed by atoms with E-state index in [1.54, 1.807) is 0 Å². The number of benzene rings is 1. The van der Waals surface area contributed by atoms with Crippen molar-refractivity contribution in [3.05, 3.63) is 29.8 Å². The van der Waals surface area contributed by atoms with Crippen LogP contribution in [0.2, 0.25) is 0 Å². The second-order valence-electron chi connectivity index (χ2n) is 7.42. The molecule has 0 spiro atoms. The maximum absolute atomic E-state index is 13.5. The molecule has 170 valence electrons. The summed E-state index contributed by atoms with van der Waals surface area (Å²) < 4.78 is 105. The number of hydrogen-bond acceptors (Lipinski definition) is 5. The van der Waals surface area contributed by atoms with E-state index in [1.807, 2.05) is 13.8 Å². The molecule has 12 heteroatoms. The molecule has 1 unspecified atom stereocenters. The fraction of sp³-hybridized carbons (Fsp3) is 0.611. The van der Waals surface area contributed by atoms with Gasteiger partial charge in [-0.1, -0.05) is 13.8 Å². The minimum Gasteiger partial charge on any atom is -0.487 e. The Hall–Kier alpha value is -1.95. The van der Waals surface area contributed by atoms with E-state index in [0.29, 0.717) is 5.75 Å². The largest absolute Gasteiger partial charge is 0.487 e. The topological polar surface area (TPSA) is 89.9 Å². The number of rotatable bonds is 7. The zero-order valence-corrected chi connectivity index (χ0v) is 16.9. The molecule has 0 aliphatic heterocycles. The standard InChI is InChI=1S/C18H21F5O6S/c1-11(2)16(9-3-4-10-16)29-13-7-5-12(6-8-13)14(24)28-15(17(19,20)21)18(22,23)30(25,26)27/h5-8,11,15H,3-4,9-10H2,1-2H3,(H,25,26,27). The summed E-state index contributed by atoms with van der Waals surface area (Å²) in [7, 11) is -6.50. The molecule has 0 saturated heterocycles. The van der Waals surface area contributed by atoms with Crippen molar-refractivity contribution in [3.8, 4) is 5.75 Å². The molecular formula is C18H21F5O6S. The summed E-state index contributed by atoms with van der Waals surface area (Å²) in [4.78, 5) is 11.9. The van der Waals surface area contributed by atoms with E-state index in [4.69, 9.17) is 9.29 Å². The first-order chi connectivity index (χ1) is 13.6. The number of alkyl halides is 5. The highest BCUT2D eigenvalue weighted by Crippen LogP contribution is 2.40. The van der Waals surface area contributed by atoms with Crippen LogP contribution in [0.3, 0.4) is 0 Å². The Balaban J connectivity index is 2.20. The van der Waals surface area contributed by atoms with Crippen LogP contribution in [0.1, 0.15) is 49.9 Å². The van der Waals surface area contributed by atoms with E-state index < -0.39 is 44.8 Å². The lowest BCUT2D eigenvalue weighted by Crippen LogP contribution is -2.52. The van der Waals surface area contributed by atoms with Crippen LogP contribution in [0, 0.1) is 5.92 Å². The fourth-order valence-electron chi connectivity index (χ4n) is 3.30. The van der Waals surface area contributed by atoms with Crippen molar-refractivity contribution < 1.29 is 49.2 Å². The molecule has 0 bridgehead atoms. The van der Waals surface area contributed by atoms with E-state index in [-0.39, 0.29) is 5.92 Å². The molecule has 1 saturated carbocycles. The molecule has 1 fully saturated rings. The van der Waals surface area contributed by atoms with Crippen LogP contribution in [0.4, 0.5) is 22.0 Å². The maximum Gasteiger partial charge on any atom is 0.432 e. The van der Waals surface area contributed by atoms with Gasteiger partial charge in [0.25, 0.3) is 6.10 Å². The van der Waals surface area contributed by atoms with Crippen molar-refractivity contribution in [2.24, 2.45) is 5.92 Å². The minimum absolute atomic E-state index is 0.180. The third-order valence-corrected chi connectivity index (χ3v) is 5.99. The monoisotopic (exact) mass is 460 g/mol. The fourth-order valence-corrected chi connectivity index (χ4v) is 3.75. The number of carbonyl (C=O) groups excluding carboxylic acids is 1. The molecule has 1 aliphatic carbocycles. The van der Waals surface area contributed by atoms with Gasteiger partial charge in [0.15, 0.2) is 0 Å². The van der Waals surface area contributed by atoms with Crippen molar-refractivity contribution in [1.82, 2.24) is 0 Å². The Kier molecular flexibility index (Phi) is 6.72. The Morgan fingerprint density at radius 2 is 1.57 bits per heavy atom. The van der Waals surface area contributed by atoms with Crippen LogP contribution in [0.5, 0.6) is 5.75 Å². The van der Waals surface area contributed by atoms with Crippen LogP contribution in [-0.4, -0.2) is 42.1 Å². The lowest BCUT2D eigenvalue weighted by molar-refractivity contribution is -0.248. The first kappa shape index (κ1) is 24.3. The highest BCUT2D eigenvalue weighted by Gasteiger charge is 2.66. The predicted octanol–water partition coefficient (Wildman–Crippen LogP) is 4.60. The van der Waals surface area contributed by atoms with Crippen LogP contribution in [0.15, 0.2) is 24.3 Å². The Bertz CT molecular complexity index is 858. The van der Waals surface area contributed by atoms with Gasteiger partial charge in [-0.3, -0.25) is 4.55 Å². The lowest BCUT2D eigenvalue weighted by Gasteiger charge is -2.34. The van der Waals surface area contributed by atoms with E-state index in [2.05, 4.69) is 4.74 Å². The van der Waals surface area contributed by atoms with Crippen molar-refractivity contribution in [2.75, 3.05) is 0 Å². The summed E-state index contributed by atoms with van der Waals surface area (Å²) in [6, 6.07) is 4.59. The van der Waals surface area contributed by atoms with Gasteiger partial charge in [-0.15, -0.1) is 0 Å². The van der Waals surface area contributed by atoms with E-state index in [9.17, 15) is 35.2 Å². The number of hydrogen-bond donors (Lipinski definition) is 1. The molecule has 6 nitrogen and oxygen atoms in total. The van der Waals surface area contributed by atoms with Gasteiger partial charge in [-0.05, 0) is 55.9 Å². The normalized spacial score (nSPS) is 18.3. The van der Waals surface area contributed by atoms with E-state index in [1.165, 1.54) is 12.1 Å². The molecule has 0 heterocycles. The van der Waals surface area contributed by atoms with Gasteiger partial charge >= 0.3 is 27.5 Å². The number of halogens is 5. The maximum atomic E-state index is 13.5. The first-order valence-electron chi connectivity index (χ1n) is 9.02. The smallest absolute Gasteiger partial charge is 0.432 e. The van der Waals surface area contributed by atoms with Crippen molar-refractivity contribution >= 4 is 16.1 Å². The Morgan fingerprint density at radius 1 is 1.07 bits per heavy atom. The zero-order chi connectivity index (χ0) is 23.0. The molecule has 1 N–H and O–H groups in total. The summed E-state index contributed by atoms with van der Waals surface area (Å²) in [5, 5.41) is -5.78. The summed E-state index contributed by atoms with van der Waals surface area (Å²) in [5.41, 5.74) is -0.950. The summed E-state index contributed by atoms with van der Waals surface area (Å²) in [6.07, 6.45) is -6.76. The second kappa shape index (κ2) is 8.29. The van der Waals surface area contributed by atoms with E-state index >= 15 is 0 Å². The number of esters is 1. The van der Waals surface area contributed by atoms with Crippen molar-refractivity contribution in [1.29, 1.82) is 0 Å². The van der Waals surface area contributed by atoms with Crippen molar-refractivity contribution in [3.63, 3.8) is 0 Å². The molecule has 0 aromatic heterocycles. The third kappa shape index (κ3) is 5.02. The van der Waals surface area contributed by atoms with Gasteiger partial charge in [-0.25, -0.2) is 4.79 Å². The zero-order valence-electron chi connectivity index (χ0n) is 16.1. The summed E-state index contributed by atoms with van der Waals surface area (Å²) in [6.45, 7) is 3.98. The van der Waals surface area contributed by atoms with Gasteiger partial charge in [0, 0.05) is 0 Å². The molecular weight excluding hydrogens is 439 g/mol.